The molecule has 0 bridgehead atoms. The number of hydrogen-bond donors (Lipinski definition) is 4. The SMILES string of the molecule is CCOCCCNC(=NCC(C)(C)C(=O)NC)NN. The molecule has 0 atom stereocenters. The molecular formula is C12H27N5O2. The van der Waals surface area contributed by atoms with Crippen LogP contribution in [0, 0.1) is 5.41 Å². The van der Waals surface area contributed by atoms with E-state index in [2.05, 4.69) is 21.1 Å². The van der Waals surface area contributed by atoms with Crippen LogP contribution in [0.15, 0.2) is 4.99 Å². The lowest BCUT2D eigenvalue weighted by Gasteiger charge is -2.20. The monoisotopic (exact) mass is 273 g/mol. The molecule has 7 heteroatoms. The lowest BCUT2D eigenvalue weighted by molar-refractivity contribution is -0.128. The number of amides is 1. The third-order valence-corrected chi connectivity index (χ3v) is 2.57. The van der Waals surface area contributed by atoms with Gasteiger partial charge < -0.3 is 15.4 Å². The first kappa shape index (κ1) is 17.7. The van der Waals surface area contributed by atoms with Gasteiger partial charge in [0.15, 0.2) is 0 Å². The van der Waals surface area contributed by atoms with Gasteiger partial charge in [-0.25, -0.2) is 5.84 Å². The van der Waals surface area contributed by atoms with Gasteiger partial charge in [-0.1, -0.05) is 0 Å². The van der Waals surface area contributed by atoms with Crippen LogP contribution in [-0.4, -0.2) is 45.2 Å². The molecule has 112 valence electrons. The fourth-order valence-electron chi connectivity index (χ4n) is 1.36. The van der Waals surface area contributed by atoms with Crippen LogP contribution in [0.25, 0.3) is 0 Å². The number of hydrogen-bond acceptors (Lipinski definition) is 4. The highest BCUT2D eigenvalue weighted by Gasteiger charge is 2.26. The minimum atomic E-state index is -0.566. The van der Waals surface area contributed by atoms with E-state index in [1.165, 1.54) is 0 Å². The van der Waals surface area contributed by atoms with Crippen LogP contribution in [0.3, 0.4) is 0 Å². The minimum absolute atomic E-state index is 0.0519. The Labute approximate surface area is 115 Å². The molecule has 0 aliphatic rings. The molecular weight excluding hydrogens is 246 g/mol. The molecule has 0 radical (unpaired) electrons. The highest BCUT2D eigenvalue weighted by Crippen LogP contribution is 2.14. The van der Waals surface area contributed by atoms with Crippen molar-refractivity contribution < 1.29 is 9.53 Å². The number of rotatable bonds is 8. The topological polar surface area (TPSA) is 101 Å². The molecule has 0 rings (SSSR count). The average Bonchev–Trinajstić information content (AvgIpc) is 2.40. The third kappa shape index (κ3) is 7.63. The summed E-state index contributed by atoms with van der Waals surface area (Å²) in [6, 6.07) is 0. The second-order valence-corrected chi connectivity index (χ2v) is 4.75. The maximum absolute atomic E-state index is 11.6. The van der Waals surface area contributed by atoms with Crippen molar-refractivity contribution in [3.05, 3.63) is 0 Å². The smallest absolute Gasteiger partial charge is 0.227 e. The van der Waals surface area contributed by atoms with Crippen molar-refractivity contribution in [1.29, 1.82) is 0 Å². The van der Waals surface area contributed by atoms with Crippen molar-refractivity contribution in [2.45, 2.75) is 27.2 Å². The van der Waals surface area contributed by atoms with E-state index >= 15 is 0 Å². The Morgan fingerprint density at radius 1 is 1.42 bits per heavy atom. The fourth-order valence-corrected chi connectivity index (χ4v) is 1.36. The quantitative estimate of drug-likeness (QED) is 0.158. The lowest BCUT2D eigenvalue weighted by Crippen LogP contribution is -2.44. The molecule has 0 spiro atoms. The van der Waals surface area contributed by atoms with Crippen molar-refractivity contribution in [3.8, 4) is 0 Å². The van der Waals surface area contributed by atoms with E-state index in [1.54, 1.807) is 7.05 Å². The molecule has 0 unspecified atom stereocenters. The van der Waals surface area contributed by atoms with Gasteiger partial charge >= 0.3 is 0 Å². The number of hydrazine groups is 1. The molecule has 0 aliphatic heterocycles. The van der Waals surface area contributed by atoms with E-state index in [4.69, 9.17) is 10.6 Å². The normalized spacial score (nSPS) is 12.2. The molecule has 0 aromatic heterocycles. The number of guanidine groups is 1. The van der Waals surface area contributed by atoms with Crippen molar-refractivity contribution in [2.75, 3.05) is 33.4 Å². The zero-order valence-corrected chi connectivity index (χ0v) is 12.4. The van der Waals surface area contributed by atoms with Crippen molar-refractivity contribution >= 4 is 11.9 Å². The Kier molecular flexibility index (Phi) is 8.90. The lowest BCUT2D eigenvalue weighted by atomic mass is 9.93. The summed E-state index contributed by atoms with van der Waals surface area (Å²) in [6.45, 7) is 8.11. The van der Waals surface area contributed by atoms with Gasteiger partial charge in [-0.2, -0.15) is 0 Å². The van der Waals surface area contributed by atoms with E-state index < -0.39 is 5.41 Å². The molecule has 19 heavy (non-hydrogen) atoms. The van der Waals surface area contributed by atoms with Gasteiger partial charge in [0.1, 0.15) is 0 Å². The van der Waals surface area contributed by atoms with E-state index in [1.807, 2.05) is 20.8 Å². The molecule has 1 amide bonds. The van der Waals surface area contributed by atoms with E-state index in [0.717, 1.165) is 13.0 Å². The molecule has 0 aromatic rings. The highest BCUT2D eigenvalue weighted by atomic mass is 16.5. The zero-order chi connectivity index (χ0) is 14.7. The Balaban J connectivity index is 4.14. The first-order valence-electron chi connectivity index (χ1n) is 6.52. The number of nitrogens with one attached hydrogen (secondary N) is 3. The summed E-state index contributed by atoms with van der Waals surface area (Å²) in [5.74, 6) is 5.80. The molecule has 0 fully saturated rings. The summed E-state index contributed by atoms with van der Waals surface area (Å²) < 4.78 is 5.22. The fraction of sp³-hybridized carbons (Fsp3) is 0.833. The number of ether oxygens (including phenoxy) is 1. The van der Waals surface area contributed by atoms with Crippen LogP contribution in [0.1, 0.15) is 27.2 Å². The molecule has 0 aliphatic carbocycles. The van der Waals surface area contributed by atoms with Crippen LogP contribution in [-0.2, 0) is 9.53 Å². The largest absolute Gasteiger partial charge is 0.382 e. The van der Waals surface area contributed by atoms with Crippen molar-refractivity contribution in [2.24, 2.45) is 16.3 Å². The Morgan fingerprint density at radius 3 is 2.63 bits per heavy atom. The summed E-state index contributed by atoms with van der Waals surface area (Å²) in [6.07, 6.45) is 0.868. The van der Waals surface area contributed by atoms with E-state index in [-0.39, 0.29) is 5.91 Å². The average molecular weight is 273 g/mol. The van der Waals surface area contributed by atoms with Crippen LogP contribution in [0.2, 0.25) is 0 Å². The minimum Gasteiger partial charge on any atom is -0.382 e. The predicted molar refractivity (Wildman–Crippen MR) is 76.6 cm³/mol. The number of nitrogens with zero attached hydrogens (tertiary/aromatic N) is 1. The zero-order valence-electron chi connectivity index (χ0n) is 12.4. The summed E-state index contributed by atoms with van der Waals surface area (Å²) in [5.41, 5.74) is 1.92. The molecule has 0 saturated heterocycles. The molecule has 0 heterocycles. The Morgan fingerprint density at radius 2 is 2.11 bits per heavy atom. The van der Waals surface area contributed by atoms with Crippen LogP contribution in [0.4, 0.5) is 0 Å². The summed E-state index contributed by atoms with van der Waals surface area (Å²) >= 11 is 0. The van der Waals surface area contributed by atoms with Crippen molar-refractivity contribution in [3.63, 3.8) is 0 Å². The first-order valence-corrected chi connectivity index (χ1v) is 6.52. The van der Waals surface area contributed by atoms with Crippen LogP contribution >= 0.6 is 0 Å². The Bertz CT molecular complexity index is 292. The number of aliphatic imine (C=N–C) groups is 1. The van der Waals surface area contributed by atoms with Gasteiger partial charge in [-0.05, 0) is 27.2 Å². The molecule has 7 nitrogen and oxygen atoms in total. The Hall–Kier alpha value is -1.34. The summed E-state index contributed by atoms with van der Waals surface area (Å²) in [5, 5.41) is 5.68. The van der Waals surface area contributed by atoms with Gasteiger partial charge in [0.05, 0.1) is 12.0 Å². The second-order valence-electron chi connectivity index (χ2n) is 4.75. The summed E-state index contributed by atoms with van der Waals surface area (Å²) in [7, 11) is 1.61. The van der Waals surface area contributed by atoms with Gasteiger partial charge in [0.2, 0.25) is 11.9 Å². The third-order valence-electron chi connectivity index (χ3n) is 2.57. The van der Waals surface area contributed by atoms with Gasteiger partial charge in [0, 0.05) is 26.8 Å². The molecule has 5 N–H and O–H groups in total. The highest BCUT2D eigenvalue weighted by molar-refractivity contribution is 5.83. The number of carbonyl (C=O) groups is 1. The number of carbonyl (C=O) groups excluding carboxylic acids is 1. The maximum atomic E-state index is 11.6. The summed E-state index contributed by atoms with van der Waals surface area (Å²) in [4.78, 5) is 15.9. The van der Waals surface area contributed by atoms with Gasteiger partial charge in [-0.3, -0.25) is 15.2 Å². The maximum Gasteiger partial charge on any atom is 0.227 e. The molecule has 0 saturated carbocycles. The molecule has 0 aromatic carbocycles. The van der Waals surface area contributed by atoms with Gasteiger partial charge in [0.25, 0.3) is 0 Å². The van der Waals surface area contributed by atoms with Crippen LogP contribution in [0.5, 0.6) is 0 Å². The predicted octanol–water partition coefficient (Wildman–Crippen LogP) is -0.406. The van der Waals surface area contributed by atoms with Crippen molar-refractivity contribution in [1.82, 2.24) is 16.1 Å². The number of nitrogens with two attached hydrogens (primary N) is 1. The first-order chi connectivity index (χ1) is 8.97. The van der Waals surface area contributed by atoms with Gasteiger partial charge in [-0.15, -0.1) is 0 Å². The van der Waals surface area contributed by atoms with E-state index in [9.17, 15) is 4.79 Å². The standard InChI is InChI=1S/C12H27N5O2/c1-5-19-8-6-7-15-11(17-13)16-9-12(2,3)10(18)14-4/h5-9,13H2,1-4H3,(H,14,18)(H2,15,16,17). The second kappa shape index (κ2) is 9.57. The van der Waals surface area contributed by atoms with Crippen LogP contribution < -0.4 is 21.9 Å². The van der Waals surface area contributed by atoms with E-state index in [0.29, 0.717) is 25.7 Å².